The topological polar surface area (TPSA) is 82.7 Å². The number of halogens is 1. The monoisotopic (exact) mass is 396 g/mol. The van der Waals surface area contributed by atoms with Gasteiger partial charge in [-0.2, -0.15) is 4.68 Å². The molecule has 1 aliphatic rings. The maximum absolute atomic E-state index is 10.9. The first kappa shape index (κ1) is 16.7. The second-order valence-electron chi connectivity index (χ2n) is 5.52. The van der Waals surface area contributed by atoms with Crippen molar-refractivity contribution >= 4 is 21.7 Å². The molecule has 0 fully saturated rings. The Morgan fingerprint density at radius 3 is 2.54 bits per heavy atom. The van der Waals surface area contributed by atoms with Crippen molar-refractivity contribution < 1.29 is 14.4 Å². The smallest absolute Gasteiger partial charge is 0.404 e. The molecule has 8 nitrogen and oxygen atoms in total. The van der Waals surface area contributed by atoms with E-state index in [4.69, 9.17) is 9.47 Å². The van der Waals surface area contributed by atoms with Gasteiger partial charge in [0.15, 0.2) is 11.5 Å². The van der Waals surface area contributed by atoms with E-state index in [-0.39, 0.29) is 5.82 Å². The van der Waals surface area contributed by atoms with Crippen molar-refractivity contribution in [1.29, 1.82) is 0 Å². The van der Waals surface area contributed by atoms with Crippen LogP contribution in [0.3, 0.4) is 0 Å². The summed E-state index contributed by atoms with van der Waals surface area (Å²) in [5.41, 5.74) is 2.40. The molecule has 0 saturated heterocycles. The summed E-state index contributed by atoms with van der Waals surface area (Å²) in [6, 6.07) is 4.00. The molecule has 128 valence electrons. The van der Waals surface area contributed by atoms with Crippen LogP contribution in [0.1, 0.15) is 11.1 Å². The number of nitro groups is 1. The molecule has 0 radical (unpaired) electrons. The van der Waals surface area contributed by atoms with Crippen molar-refractivity contribution in [2.45, 2.75) is 19.6 Å². The molecule has 0 atom stereocenters. The Morgan fingerprint density at radius 2 is 1.96 bits per heavy atom. The molecule has 0 spiro atoms. The highest BCUT2D eigenvalue weighted by Gasteiger charge is 2.23. The molecule has 0 amide bonds. The van der Waals surface area contributed by atoms with Gasteiger partial charge in [-0.1, -0.05) is 0 Å². The highest BCUT2D eigenvalue weighted by atomic mass is 79.9. The maximum atomic E-state index is 10.9. The van der Waals surface area contributed by atoms with Gasteiger partial charge >= 0.3 is 5.82 Å². The summed E-state index contributed by atoms with van der Waals surface area (Å²) in [4.78, 5) is 12.6. The number of hydrogen-bond donors (Lipinski definition) is 0. The minimum absolute atomic E-state index is 0.168. The summed E-state index contributed by atoms with van der Waals surface area (Å²) < 4.78 is 12.7. The Morgan fingerprint density at radius 1 is 1.29 bits per heavy atom. The van der Waals surface area contributed by atoms with Gasteiger partial charge in [0.25, 0.3) is 0 Å². The van der Waals surface area contributed by atoms with Crippen molar-refractivity contribution in [3.05, 3.63) is 44.0 Å². The molecule has 3 rings (SSSR count). The van der Waals surface area contributed by atoms with E-state index in [2.05, 4.69) is 25.9 Å². The average Bonchev–Trinajstić information content (AvgIpc) is 2.94. The Bertz CT molecular complexity index is 777. The van der Waals surface area contributed by atoms with Gasteiger partial charge in [-0.3, -0.25) is 4.90 Å². The Kier molecular flexibility index (Phi) is 4.72. The second kappa shape index (κ2) is 6.78. The van der Waals surface area contributed by atoms with Crippen LogP contribution in [0, 0.1) is 10.1 Å². The minimum atomic E-state index is -0.497. The number of nitrogens with zero attached hydrogens (tertiary/aromatic N) is 4. The first-order chi connectivity index (χ1) is 11.5. The summed E-state index contributed by atoms with van der Waals surface area (Å²) in [5, 5.41) is 14.9. The van der Waals surface area contributed by atoms with Crippen LogP contribution in [0.25, 0.3) is 0 Å². The van der Waals surface area contributed by atoms with Crippen molar-refractivity contribution in [2.75, 3.05) is 20.8 Å². The quantitative estimate of drug-likeness (QED) is 0.570. The molecule has 1 aliphatic heterocycles. The van der Waals surface area contributed by atoms with Crippen LogP contribution in [-0.2, 0) is 19.6 Å². The van der Waals surface area contributed by atoms with Gasteiger partial charge in [0, 0.05) is 13.1 Å². The van der Waals surface area contributed by atoms with E-state index < -0.39 is 4.92 Å². The predicted octanol–water partition coefficient (Wildman–Crippen LogP) is 2.59. The number of methoxy groups -OCH3 is 2. The zero-order chi connectivity index (χ0) is 17.3. The maximum Gasteiger partial charge on any atom is 0.404 e. The highest BCUT2D eigenvalue weighted by molar-refractivity contribution is 9.10. The fourth-order valence-electron chi connectivity index (χ4n) is 2.85. The van der Waals surface area contributed by atoms with E-state index in [1.165, 1.54) is 11.1 Å². The summed E-state index contributed by atoms with van der Waals surface area (Å²) in [5.74, 6) is 1.27. The van der Waals surface area contributed by atoms with Crippen LogP contribution in [0.5, 0.6) is 11.5 Å². The van der Waals surface area contributed by atoms with Crippen LogP contribution in [0.15, 0.2) is 22.8 Å². The molecular weight excluding hydrogens is 380 g/mol. The van der Waals surface area contributed by atoms with Crippen LogP contribution in [0.4, 0.5) is 5.82 Å². The Hall–Kier alpha value is -2.13. The number of rotatable bonds is 5. The van der Waals surface area contributed by atoms with Crippen molar-refractivity contribution in [3.63, 3.8) is 0 Å². The van der Waals surface area contributed by atoms with E-state index in [9.17, 15) is 10.1 Å². The zero-order valence-corrected chi connectivity index (χ0v) is 14.9. The lowest BCUT2D eigenvalue weighted by Crippen LogP contribution is -2.32. The number of fused-ring (bicyclic) bond motifs is 1. The van der Waals surface area contributed by atoms with Crippen LogP contribution < -0.4 is 9.47 Å². The standard InChI is InChI=1S/C15H17BrN4O4/c1-23-13-5-10-3-4-18(7-11(10)6-14(13)24-2)9-19-8-12(16)15(17-19)20(21)22/h5-6,8H,3-4,7,9H2,1-2H3. The molecule has 24 heavy (non-hydrogen) atoms. The van der Waals surface area contributed by atoms with Gasteiger partial charge in [-0.05, 0) is 50.5 Å². The fourth-order valence-corrected chi connectivity index (χ4v) is 3.31. The SMILES string of the molecule is COc1cc2c(cc1OC)CN(Cn1cc(Br)c([N+](=O)[O-])n1)CC2. The van der Waals surface area contributed by atoms with Crippen LogP contribution >= 0.6 is 15.9 Å². The van der Waals surface area contributed by atoms with Gasteiger partial charge < -0.3 is 19.6 Å². The normalized spacial score (nSPS) is 14.3. The third-order valence-electron chi connectivity index (χ3n) is 4.01. The molecule has 0 bridgehead atoms. The first-order valence-corrected chi connectivity index (χ1v) is 8.14. The van der Waals surface area contributed by atoms with Gasteiger partial charge in [0.2, 0.25) is 0 Å². The van der Waals surface area contributed by atoms with E-state index in [1.54, 1.807) is 25.1 Å². The molecular formula is C15H17BrN4O4. The van der Waals surface area contributed by atoms with E-state index in [0.29, 0.717) is 16.9 Å². The molecule has 1 aromatic heterocycles. The van der Waals surface area contributed by atoms with Crippen molar-refractivity contribution in [1.82, 2.24) is 14.7 Å². The van der Waals surface area contributed by atoms with Gasteiger partial charge in [-0.25, -0.2) is 0 Å². The van der Waals surface area contributed by atoms with Crippen LogP contribution in [-0.4, -0.2) is 40.4 Å². The fraction of sp³-hybridized carbons (Fsp3) is 0.400. The van der Waals surface area contributed by atoms with E-state index in [1.807, 2.05) is 12.1 Å². The van der Waals surface area contributed by atoms with E-state index in [0.717, 1.165) is 25.3 Å². The van der Waals surface area contributed by atoms with E-state index >= 15 is 0 Å². The van der Waals surface area contributed by atoms with Crippen molar-refractivity contribution in [2.24, 2.45) is 0 Å². The number of benzene rings is 1. The van der Waals surface area contributed by atoms with Crippen molar-refractivity contribution in [3.8, 4) is 11.5 Å². The second-order valence-corrected chi connectivity index (χ2v) is 6.37. The van der Waals surface area contributed by atoms with Crippen LogP contribution in [0.2, 0.25) is 0 Å². The zero-order valence-electron chi connectivity index (χ0n) is 13.4. The molecule has 0 saturated carbocycles. The summed E-state index contributed by atoms with van der Waals surface area (Å²) in [6.45, 7) is 2.05. The molecule has 1 aromatic carbocycles. The lowest BCUT2D eigenvalue weighted by atomic mass is 9.99. The highest BCUT2D eigenvalue weighted by Crippen LogP contribution is 2.33. The first-order valence-electron chi connectivity index (χ1n) is 7.35. The number of hydrogen-bond acceptors (Lipinski definition) is 6. The summed E-state index contributed by atoms with van der Waals surface area (Å²) in [7, 11) is 3.24. The molecule has 0 aliphatic carbocycles. The number of aromatic nitrogens is 2. The van der Waals surface area contributed by atoms with Gasteiger partial charge in [-0.15, -0.1) is 0 Å². The predicted molar refractivity (Wildman–Crippen MR) is 90.2 cm³/mol. The lowest BCUT2D eigenvalue weighted by molar-refractivity contribution is -0.390. The average molecular weight is 397 g/mol. The van der Waals surface area contributed by atoms with Gasteiger partial charge in [0.1, 0.15) is 11.1 Å². The third-order valence-corrected chi connectivity index (χ3v) is 4.57. The minimum Gasteiger partial charge on any atom is -0.493 e. The molecule has 0 N–H and O–H groups in total. The van der Waals surface area contributed by atoms with Gasteiger partial charge in [0.05, 0.1) is 25.5 Å². The Balaban J connectivity index is 1.77. The molecule has 0 unspecified atom stereocenters. The Labute approximate surface area is 147 Å². The molecule has 2 heterocycles. The summed E-state index contributed by atoms with van der Waals surface area (Å²) >= 11 is 3.17. The largest absolute Gasteiger partial charge is 0.493 e. The molecule has 9 heteroatoms. The lowest BCUT2D eigenvalue weighted by Gasteiger charge is -2.28. The molecule has 2 aromatic rings. The third kappa shape index (κ3) is 3.22. The number of ether oxygens (including phenoxy) is 2. The summed E-state index contributed by atoms with van der Waals surface area (Å²) in [6.07, 6.45) is 2.50.